The number of rotatable bonds is 10. The zero-order chi connectivity index (χ0) is 12.5. The number of hydrogen-bond donors (Lipinski definition) is 4. The van der Waals surface area contributed by atoms with E-state index in [1.807, 2.05) is 11.8 Å². The van der Waals surface area contributed by atoms with E-state index >= 15 is 0 Å². The Kier molecular flexibility index (Phi) is 26.5. The van der Waals surface area contributed by atoms with E-state index in [-0.39, 0.29) is 0 Å². The van der Waals surface area contributed by atoms with Crippen molar-refractivity contribution in [2.45, 2.75) is 12.8 Å². The molecule has 0 atom stereocenters. The van der Waals surface area contributed by atoms with Gasteiger partial charge in [-0.25, -0.2) is 0 Å². The van der Waals surface area contributed by atoms with Crippen LogP contribution in [-0.2, 0) is 0 Å². The second-order valence-corrected chi connectivity index (χ2v) is 6.17. The van der Waals surface area contributed by atoms with Gasteiger partial charge in [0.05, 0.1) is 6.61 Å². The average molecular weight is 305 g/mol. The highest BCUT2D eigenvalue weighted by molar-refractivity contribution is 8.00. The minimum atomic E-state index is 0.290. The normalized spacial score (nSPS) is 9.75. The fourth-order valence-electron chi connectivity index (χ4n) is 0.666. The van der Waals surface area contributed by atoms with Gasteiger partial charge in [0.15, 0.2) is 0 Å². The van der Waals surface area contributed by atoms with Gasteiger partial charge < -0.3 is 10.2 Å². The average Bonchev–Trinajstić information content (AvgIpc) is 2.31. The lowest BCUT2D eigenvalue weighted by molar-refractivity contribution is 0.296. The first-order chi connectivity index (χ1) is 7.83. The van der Waals surface area contributed by atoms with Gasteiger partial charge >= 0.3 is 0 Å². The number of thioether (sulfide) groups is 2. The Morgan fingerprint density at radius 3 is 1.81 bits per heavy atom. The van der Waals surface area contributed by atoms with Crippen molar-refractivity contribution in [3.8, 4) is 0 Å². The summed E-state index contributed by atoms with van der Waals surface area (Å²) in [6.07, 6.45) is 2.11. The van der Waals surface area contributed by atoms with E-state index in [1.165, 1.54) is 12.2 Å². The predicted molar refractivity (Wildman–Crippen MR) is 85.8 cm³/mol. The lowest BCUT2D eigenvalue weighted by Crippen LogP contribution is -1.88. The quantitative estimate of drug-likeness (QED) is 0.368. The molecule has 0 heterocycles. The van der Waals surface area contributed by atoms with E-state index in [2.05, 4.69) is 25.3 Å². The van der Waals surface area contributed by atoms with Crippen molar-refractivity contribution < 1.29 is 10.2 Å². The summed E-state index contributed by atoms with van der Waals surface area (Å²) < 4.78 is 0. The van der Waals surface area contributed by atoms with Crippen molar-refractivity contribution in [3.05, 3.63) is 0 Å². The molecule has 0 spiro atoms. The van der Waals surface area contributed by atoms with E-state index in [0.29, 0.717) is 13.2 Å². The minimum absolute atomic E-state index is 0.290. The molecule has 0 saturated heterocycles. The topological polar surface area (TPSA) is 40.5 Å². The minimum Gasteiger partial charge on any atom is -0.396 e. The second-order valence-electron chi connectivity index (χ2n) is 2.83. The summed E-state index contributed by atoms with van der Waals surface area (Å²) in [5.41, 5.74) is 0. The Labute approximate surface area is 119 Å². The molecule has 2 nitrogen and oxygen atoms in total. The zero-order valence-electron chi connectivity index (χ0n) is 9.68. The van der Waals surface area contributed by atoms with Crippen molar-refractivity contribution >= 4 is 48.8 Å². The third-order valence-corrected chi connectivity index (χ3v) is 4.33. The Balaban J connectivity index is 0. The van der Waals surface area contributed by atoms with Crippen LogP contribution in [0.1, 0.15) is 12.8 Å². The van der Waals surface area contributed by atoms with Crippen LogP contribution in [0.25, 0.3) is 0 Å². The molecule has 0 unspecified atom stereocenters. The lowest BCUT2D eigenvalue weighted by Gasteiger charge is -1.95. The summed E-state index contributed by atoms with van der Waals surface area (Å²) in [6, 6.07) is 0. The van der Waals surface area contributed by atoms with E-state index in [9.17, 15) is 0 Å². The van der Waals surface area contributed by atoms with Crippen LogP contribution in [0.2, 0.25) is 0 Å². The van der Waals surface area contributed by atoms with Crippen LogP contribution < -0.4 is 0 Å². The maximum Gasteiger partial charge on any atom is 0.0521 e. The smallest absolute Gasteiger partial charge is 0.0521 e. The molecule has 0 aromatic carbocycles. The Bertz CT molecular complexity index is 96.8. The third-order valence-electron chi connectivity index (χ3n) is 1.36. The van der Waals surface area contributed by atoms with Gasteiger partial charge in [-0.3, -0.25) is 0 Å². The molecule has 0 aliphatic heterocycles. The molecule has 0 aromatic rings. The van der Waals surface area contributed by atoms with Crippen LogP contribution in [0, 0.1) is 0 Å². The van der Waals surface area contributed by atoms with Crippen molar-refractivity contribution in [1.29, 1.82) is 0 Å². The summed E-state index contributed by atoms with van der Waals surface area (Å²) in [5, 5.41) is 16.6. The molecule has 100 valence electrons. The largest absolute Gasteiger partial charge is 0.396 e. The molecule has 0 aliphatic carbocycles. The van der Waals surface area contributed by atoms with E-state index < -0.39 is 0 Å². The number of aliphatic hydroxyl groups is 2. The maximum absolute atomic E-state index is 8.39. The van der Waals surface area contributed by atoms with Gasteiger partial charge in [-0.1, -0.05) is 0 Å². The van der Waals surface area contributed by atoms with Crippen LogP contribution in [0.4, 0.5) is 0 Å². The SMILES string of the molecule is OCCCSCCCS.OCCSCCS. The Morgan fingerprint density at radius 2 is 1.31 bits per heavy atom. The van der Waals surface area contributed by atoms with Crippen LogP contribution in [0.15, 0.2) is 0 Å². The third kappa shape index (κ3) is 24.5. The summed E-state index contributed by atoms with van der Waals surface area (Å²) in [5.74, 6) is 6.05. The molecule has 0 radical (unpaired) electrons. The fourth-order valence-corrected chi connectivity index (χ4v) is 2.77. The molecule has 0 fully saturated rings. The summed E-state index contributed by atoms with van der Waals surface area (Å²) in [4.78, 5) is 0. The first-order valence-electron chi connectivity index (χ1n) is 5.42. The molecule has 0 amide bonds. The molecule has 0 aromatic heterocycles. The summed E-state index contributed by atoms with van der Waals surface area (Å²) in [6.45, 7) is 0.617. The van der Waals surface area contributed by atoms with Gasteiger partial charge in [-0.05, 0) is 35.9 Å². The van der Waals surface area contributed by atoms with E-state index in [0.717, 1.165) is 35.2 Å². The van der Waals surface area contributed by atoms with Crippen molar-refractivity contribution in [1.82, 2.24) is 0 Å². The van der Waals surface area contributed by atoms with Crippen molar-refractivity contribution in [2.75, 3.05) is 47.7 Å². The Hall–Kier alpha value is 1.32. The van der Waals surface area contributed by atoms with E-state index in [4.69, 9.17) is 10.2 Å². The highest BCUT2D eigenvalue weighted by atomic mass is 32.2. The second kappa shape index (κ2) is 21.6. The van der Waals surface area contributed by atoms with E-state index in [1.54, 1.807) is 11.8 Å². The van der Waals surface area contributed by atoms with Crippen molar-refractivity contribution in [2.24, 2.45) is 0 Å². The summed E-state index contributed by atoms with van der Waals surface area (Å²) >= 11 is 11.7. The summed E-state index contributed by atoms with van der Waals surface area (Å²) in [7, 11) is 0. The molecule has 0 aliphatic rings. The molecular formula is C10H24O2S4. The van der Waals surface area contributed by atoms with Gasteiger partial charge in [0.2, 0.25) is 0 Å². The molecule has 16 heavy (non-hydrogen) atoms. The maximum atomic E-state index is 8.39. The van der Waals surface area contributed by atoms with Gasteiger partial charge in [0, 0.05) is 18.1 Å². The van der Waals surface area contributed by atoms with Gasteiger partial charge in [-0.15, -0.1) is 0 Å². The lowest BCUT2D eigenvalue weighted by atomic mass is 10.5. The predicted octanol–water partition coefficient (Wildman–Crippen LogP) is 2.06. The van der Waals surface area contributed by atoms with Gasteiger partial charge in [0.25, 0.3) is 0 Å². The molecule has 2 N–H and O–H groups in total. The number of hydrogen-bond acceptors (Lipinski definition) is 6. The molecule has 0 bridgehead atoms. The molecule has 0 saturated carbocycles. The van der Waals surface area contributed by atoms with Crippen LogP contribution >= 0.6 is 48.8 Å². The standard InChI is InChI=1S/C6H14OS2.C4H10OS2/c7-3-1-5-9-6-2-4-8;5-1-3-7-4-2-6/h7-8H,1-6H2;5-6H,1-4H2. The Morgan fingerprint density at radius 1 is 0.688 bits per heavy atom. The molecular weight excluding hydrogens is 280 g/mol. The highest BCUT2D eigenvalue weighted by Gasteiger charge is 1.86. The highest BCUT2D eigenvalue weighted by Crippen LogP contribution is 2.03. The van der Waals surface area contributed by atoms with Crippen molar-refractivity contribution in [3.63, 3.8) is 0 Å². The monoisotopic (exact) mass is 304 g/mol. The molecule has 6 heteroatoms. The molecule has 0 rings (SSSR count). The van der Waals surface area contributed by atoms with Crippen LogP contribution in [-0.4, -0.2) is 57.9 Å². The first kappa shape index (κ1) is 19.7. The van der Waals surface area contributed by atoms with Crippen LogP contribution in [0.5, 0.6) is 0 Å². The van der Waals surface area contributed by atoms with Crippen LogP contribution in [0.3, 0.4) is 0 Å². The first-order valence-corrected chi connectivity index (χ1v) is 8.99. The number of aliphatic hydroxyl groups excluding tert-OH is 2. The van der Waals surface area contributed by atoms with Gasteiger partial charge in [-0.2, -0.15) is 48.8 Å². The van der Waals surface area contributed by atoms with Gasteiger partial charge in [0.1, 0.15) is 0 Å². The fraction of sp³-hybridized carbons (Fsp3) is 1.00. The number of thiol groups is 2. The zero-order valence-corrected chi connectivity index (χ0v) is 13.1.